The third kappa shape index (κ3) is 4.22. The summed E-state index contributed by atoms with van der Waals surface area (Å²) >= 11 is 0. The quantitative estimate of drug-likeness (QED) is 0.828. The van der Waals surface area contributed by atoms with Gasteiger partial charge in [-0.1, -0.05) is 25.0 Å². The standard InChI is InChI=1S/C16H25NO2/c1-19-15-8-6-13(7-9-15)10-11-17-16-5-3-2-4-14(16)12-18/h6-9,14,16-18H,2-5,10-12H2,1H3. The maximum absolute atomic E-state index is 9.38. The Morgan fingerprint density at radius 3 is 2.63 bits per heavy atom. The largest absolute Gasteiger partial charge is 0.497 e. The van der Waals surface area contributed by atoms with Gasteiger partial charge in [0, 0.05) is 12.6 Å². The van der Waals surface area contributed by atoms with Gasteiger partial charge in [-0.2, -0.15) is 0 Å². The van der Waals surface area contributed by atoms with Gasteiger partial charge >= 0.3 is 0 Å². The van der Waals surface area contributed by atoms with E-state index in [4.69, 9.17) is 4.74 Å². The molecule has 1 aliphatic carbocycles. The predicted molar refractivity (Wildman–Crippen MR) is 77.5 cm³/mol. The minimum Gasteiger partial charge on any atom is -0.497 e. The van der Waals surface area contributed by atoms with Crippen LogP contribution in [-0.2, 0) is 6.42 Å². The molecule has 0 amide bonds. The summed E-state index contributed by atoms with van der Waals surface area (Å²) in [6, 6.07) is 8.74. The first-order valence-electron chi connectivity index (χ1n) is 7.30. The van der Waals surface area contributed by atoms with Gasteiger partial charge in [0.25, 0.3) is 0 Å². The lowest BCUT2D eigenvalue weighted by Crippen LogP contribution is -2.41. The summed E-state index contributed by atoms with van der Waals surface area (Å²) in [6.45, 7) is 1.30. The molecule has 1 aromatic carbocycles. The number of benzene rings is 1. The molecule has 0 radical (unpaired) electrons. The Morgan fingerprint density at radius 2 is 1.95 bits per heavy atom. The van der Waals surface area contributed by atoms with Gasteiger partial charge in [0.05, 0.1) is 7.11 Å². The van der Waals surface area contributed by atoms with E-state index in [2.05, 4.69) is 17.4 Å². The van der Waals surface area contributed by atoms with Gasteiger partial charge in [0.1, 0.15) is 5.75 Å². The first kappa shape index (κ1) is 14.4. The summed E-state index contributed by atoms with van der Waals surface area (Å²) in [7, 11) is 1.69. The zero-order chi connectivity index (χ0) is 13.5. The van der Waals surface area contributed by atoms with Gasteiger partial charge in [0.2, 0.25) is 0 Å². The number of aliphatic hydroxyl groups is 1. The van der Waals surface area contributed by atoms with Crippen molar-refractivity contribution in [1.29, 1.82) is 0 Å². The molecule has 2 atom stereocenters. The van der Waals surface area contributed by atoms with Crippen molar-refractivity contribution in [3.05, 3.63) is 29.8 Å². The van der Waals surface area contributed by atoms with Crippen LogP contribution in [0.5, 0.6) is 5.75 Å². The van der Waals surface area contributed by atoms with Crippen LogP contribution in [0, 0.1) is 5.92 Å². The molecule has 0 saturated heterocycles. The smallest absolute Gasteiger partial charge is 0.118 e. The molecule has 2 rings (SSSR count). The molecule has 0 heterocycles. The van der Waals surface area contributed by atoms with Crippen molar-refractivity contribution in [2.45, 2.75) is 38.1 Å². The highest BCUT2D eigenvalue weighted by Crippen LogP contribution is 2.23. The number of rotatable bonds is 6. The second-order valence-corrected chi connectivity index (χ2v) is 5.39. The van der Waals surface area contributed by atoms with Crippen LogP contribution in [0.2, 0.25) is 0 Å². The minimum absolute atomic E-state index is 0.320. The summed E-state index contributed by atoms with van der Waals surface area (Å²) < 4.78 is 5.15. The Hall–Kier alpha value is -1.06. The lowest BCUT2D eigenvalue weighted by Gasteiger charge is -2.31. The van der Waals surface area contributed by atoms with Gasteiger partial charge < -0.3 is 15.2 Å². The first-order valence-corrected chi connectivity index (χ1v) is 7.30. The number of ether oxygens (including phenoxy) is 1. The van der Waals surface area contributed by atoms with E-state index in [1.165, 1.54) is 24.8 Å². The van der Waals surface area contributed by atoms with Crippen LogP contribution in [-0.4, -0.2) is 31.4 Å². The third-order valence-electron chi connectivity index (χ3n) is 4.12. The fourth-order valence-corrected chi connectivity index (χ4v) is 2.89. The van der Waals surface area contributed by atoms with E-state index in [1.807, 2.05) is 12.1 Å². The van der Waals surface area contributed by atoms with Crippen molar-refractivity contribution in [2.24, 2.45) is 5.92 Å². The monoisotopic (exact) mass is 263 g/mol. The fourth-order valence-electron chi connectivity index (χ4n) is 2.89. The predicted octanol–water partition coefficient (Wildman–Crippen LogP) is 2.38. The van der Waals surface area contributed by atoms with Crippen LogP contribution >= 0.6 is 0 Å². The van der Waals surface area contributed by atoms with Crippen molar-refractivity contribution in [3.8, 4) is 5.75 Å². The normalized spacial score (nSPS) is 23.3. The topological polar surface area (TPSA) is 41.5 Å². The van der Waals surface area contributed by atoms with Gasteiger partial charge in [-0.25, -0.2) is 0 Å². The molecule has 0 aromatic heterocycles. The molecule has 1 fully saturated rings. The van der Waals surface area contributed by atoms with Crippen LogP contribution < -0.4 is 10.1 Å². The van der Waals surface area contributed by atoms with E-state index in [9.17, 15) is 5.11 Å². The zero-order valence-corrected chi connectivity index (χ0v) is 11.8. The zero-order valence-electron chi connectivity index (χ0n) is 11.8. The Labute approximate surface area is 116 Å². The molecule has 2 unspecified atom stereocenters. The van der Waals surface area contributed by atoms with Crippen molar-refractivity contribution >= 4 is 0 Å². The van der Waals surface area contributed by atoms with Gasteiger partial charge in [-0.3, -0.25) is 0 Å². The Kier molecular flexibility index (Phi) is 5.67. The second-order valence-electron chi connectivity index (χ2n) is 5.39. The van der Waals surface area contributed by atoms with Crippen LogP contribution in [0.15, 0.2) is 24.3 Å². The minimum atomic E-state index is 0.320. The Bertz CT molecular complexity index is 364. The maximum atomic E-state index is 9.38. The highest BCUT2D eigenvalue weighted by molar-refractivity contribution is 5.27. The molecule has 1 aromatic rings. The van der Waals surface area contributed by atoms with E-state index in [0.29, 0.717) is 18.6 Å². The summed E-state index contributed by atoms with van der Waals surface area (Å²) in [6.07, 6.45) is 5.95. The van der Waals surface area contributed by atoms with Crippen molar-refractivity contribution in [1.82, 2.24) is 5.32 Å². The average molecular weight is 263 g/mol. The molecule has 106 valence electrons. The van der Waals surface area contributed by atoms with E-state index in [-0.39, 0.29) is 0 Å². The van der Waals surface area contributed by atoms with Crippen molar-refractivity contribution < 1.29 is 9.84 Å². The third-order valence-corrected chi connectivity index (χ3v) is 4.12. The van der Waals surface area contributed by atoms with E-state index in [0.717, 1.165) is 25.1 Å². The van der Waals surface area contributed by atoms with E-state index >= 15 is 0 Å². The van der Waals surface area contributed by atoms with Gasteiger partial charge in [-0.05, 0) is 49.4 Å². The number of hydrogen-bond donors (Lipinski definition) is 2. The van der Waals surface area contributed by atoms with Crippen LogP contribution in [0.3, 0.4) is 0 Å². The highest BCUT2D eigenvalue weighted by atomic mass is 16.5. The van der Waals surface area contributed by atoms with Gasteiger partial charge in [0.15, 0.2) is 0 Å². The van der Waals surface area contributed by atoms with Crippen LogP contribution in [0.25, 0.3) is 0 Å². The molecule has 1 saturated carbocycles. The molecule has 2 N–H and O–H groups in total. The molecule has 0 bridgehead atoms. The number of aliphatic hydroxyl groups excluding tert-OH is 1. The van der Waals surface area contributed by atoms with Crippen molar-refractivity contribution in [2.75, 3.05) is 20.3 Å². The van der Waals surface area contributed by atoms with E-state index in [1.54, 1.807) is 7.11 Å². The SMILES string of the molecule is COc1ccc(CCNC2CCCCC2CO)cc1. The summed E-state index contributed by atoms with van der Waals surface area (Å²) in [5.74, 6) is 1.36. The molecule has 1 aliphatic rings. The molecule has 19 heavy (non-hydrogen) atoms. The van der Waals surface area contributed by atoms with Gasteiger partial charge in [-0.15, -0.1) is 0 Å². The van der Waals surface area contributed by atoms with Crippen LogP contribution in [0.4, 0.5) is 0 Å². The van der Waals surface area contributed by atoms with Crippen LogP contribution in [0.1, 0.15) is 31.2 Å². The number of hydrogen-bond acceptors (Lipinski definition) is 3. The summed E-state index contributed by atoms with van der Waals surface area (Å²) in [5.41, 5.74) is 1.32. The molecular formula is C16H25NO2. The number of methoxy groups -OCH3 is 1. The first-order chi connectivity index (χ1) is 9.33. The summed E-state index contributed by atoms with van der Waals surface area (Å²) in [5, 5.41) is 13.0. The summed E-state index contributed by atoms with van der Waals surface area (Å²) in [4.78, 5) is 0. The second kappa shape index (κ2) is 7.51. The molecule has 3 heteroatoms. The molecule has 0 aliphatic heterocycles. The number of nitrogens with one attached hydrogen (secondary N) is 1. The Balaban J connectivity index is 1.75. The van der Waals surface area contributed by atoms with Crippen molar-refractivity contribution in [3.63, 3.8) is 0 Å². The molecule has 3 nitrogen and oxygen atoms in total. The Morgan fingerprint density at radius 1 is 1.21 bits per heavy atom. The van der Waals surface area contributed by atoms with E-state index < -0.39 is 0 Å². The molecular weight excluding hydrogens is 238 g/mol. The fraction of sp³-hybridized carbons (Fsp3) is 0.625. The average Bonchev–Trinajstić information content (AvgIpc) is 2.48. The molecule has 0 spiro atoms. The highest BCUT2D eigenvalue weighted by Gasteiger charge is 2.23. The lowest BCUT2D eigenvalue weighted by atomic mass is 9.85. The maximum Gasteiger partial charge on any atom is 0.118 e. The lowest BCUT2D eigenvalue weighted by molar-refractivity contribution is 0.153.